The first-order valence-electron chi connectivity index (χ1n) is 24.8. The second-order valence-electron chi connectivity index (χ2n) is 20.7. The van der Waals surface area contributed by atoms with Crippen molar-refractivity contribution in [2.45, 2.75) is 123 Å². The van der Waals surface area contributed by atoms with Crippen LogP contribution in [0.15, 0.2) is 87.7 Å². The first-order chi connectivity index (χ1) is 35.3. The number of rotatable bonds is 13. The van der Waals surface area contributed by atoms with Crippen molar-refractivity contribution in [2.24, 2.45) is 10.4 Å². The van der Waals surface area contributed by atoms with Crippen LogP contribution in [0.5, 0.6) is 5.75 Å². The first kappa shape index (κ1) is 50.8. The van der Waals surface area contributed by atoms with Crippen LogP contribution in [0, 0.1) is 33.1 Å². The van der Waals surface area contributed by atoms with Crippen LogP contribution in [-0.4, -0.2) is 96.0 Å². The number of aliphatic hydroxyl groups excluding tert-OH is 1. The molecule has 0 radical (unpaired) electrons. The number of furan rings is 1. The molecule has 74 heavy (non-hydrogen) atoms. The molecule has 1 saturated heterocycles. The standard InChI is InChI=1S/C55H58ClN9O7S2/c1-27-30(4)74-54-46(27)47(33-13-15-36(56)16-14-33)60-41(50-63-62-31(5)65(50)54)24-45(67)59-37-21-40(22-37)71-39-17-18-43-35(19-39)20-44(72-43)52(69)61-49(55(6,7)8)53(70)64-25-38(66)23-42(64)51(68)58-28(2)32-9-11-34(12-10-32)48-29(3)57-26-73-48/h9-20,26,28,37-38,40-42,49,66H,21-25H2,1-8H3,(H,58,68)(H,59,67)(H,61,69)/t28-,37-,38+,40-,41-,42-,49?/m0/s1. The number of hydrogen-bond donors (Lipinski definition) is 4. The Morgan fingerprint density at radius 2 is 1.66 bits per heavy atom. The van der Waals surface area contributed by atoms with Crippen molar-refractivity contribution >= 4 is 74.6 Å². The maximum Gasteiger partial charge on any atom is 0.287 e. The average molecular weight is 1060 g/mol. The Hall–Kier alpha value is -6.73. The van der Waals surface area contributed by atoms with Crippen molar-refractivity contribution in [1.29, 1.82) is 0 Å². The normalized spacial score (nSPS) is 20.2. The molecule has 5 atom stereocenters. The van der Waals surface area contributed by atoms with Crippen LogP contribution in [0.1, 0.15) is 120 Å². The highest BCUT2D eigenvalue weighted by Crippen LogP contribution is 2.40. The lowest BCUT2D eigenvalue weighted by Gasteiger charge is -2.36. The quantitative estimate of drug-likeness (QED) is 0.0862. The van der Waals surface area contributed by atoms with Gasteiger partial charge in [-0.1, -0.05) is 68.8 Å². The molecule has 1 saturated carbocycles. The van der Waals surface area contributed by atoms with Gasteiger partial charge in [0.15, 0.2) is 11.6 Å². The van der Waals surface area contributed by atoms with Gasteiger partial charge in [-0.25, -0.2) is 4.98 Å². The summed E-state index contributed by atoms with van der Waals surface area (Å²) in [5, 5.41) is 31.1. The van der Waals surface area contributed by atoms with Gasteiger partial charge < -0.3 is 35.1 Å². The minimum Gasteiger partial charge on any atom is -0.490 e. The largest absolute Gasteiger partial charge is 0.490 e. The Bertz CT molecular complexity index is 3330. The number of ether oxygens (including phenoxy) is 1. The lowest BCUT2D eigenvalue weighted by atomic mass is 9.85. The Morgan fingerprint density at radius 3 is 2.36 bits per heavy atom. The van der Waals surface area contributed by atoms with Crippen LogP contribution < -0.4 is 20.7 Å². The van der Waals surface area contributed by atoms with E-state index in [4.69, 9.17) is 25.7 Å². The van der Waals surface area contributed by atoms with E-state index in [9.17, 15) is 24.3 Å². The number of aromatic nitrogens is 4. The van der Waals surface area contributed by atoms with Gasteiger partial charge in [0.25, 0.3) is 5.91 Å². The van der Waals surface area contributed by atoms with Gasteiger partial charge in [0.1, 0.15) is 46.4 Å². The van der Waals surface area contributed by atoms with Crippen LogP contribution in [0.2, 0.25) is 5.02 Å². The summed E-state index contributed by atoms with van der Waals surface area (Å²) >= 11 is 9.51. The topological polar surface area (TPSA) is 206 Å². The highest BCUT2D eigenvalue weighted by atomic mass is 35.5. The maximum atomic E-state index is 14.4. The number of likely N-dealkylation sites (tertiary alicyclic amines) is 1. The van der Waals surface area contributed by atoms with E-state index in [1.54, 1.807) is 46.9 Å². The molecule has 0 spiro atoms. The highest BCUT2D eigenvalue weighted by molar-refractivity contribution is 7.15. The number of β-amino-alcohol motifs (C(OH)–C–C–N with tert-alkyl or cyclic N) is 1. The van der Waals surface area contributed by atoms with Crippen LogP contribution in [0.3, 0.4) is 0 Å². The second-order valence-corrected chi connectivity index (χ2v) is 23.2. The zero-order valence-corrected chi connectivity index (χ0v) is 44.7. The molecule has 4 aromatic heterocycles. The molecule has 3 aromatic carbocycles. The fraction of sp³-hybridized carbons (Fsp3) is 0.382. The summed E-state index contributed by atoms with van der Waals surface area (Å²) in [6.07, 6.45) is 0.255. The van der Waals surface area contributed by atoms with Crippen LogP contribution in [-0.2, 0) is 14.4 Å². The molecular formula is C55H58ClN9O7S2. The molecule has 0 bridgehead atoms. The number of aryl methyl sites for hydroxylation is 3. The fourth-order valence-electron chi connectivity index (χ4n) is 9.99. The van der Waals surface area contributed by atoms with Gasteiger partial charge in [-0.3, -0.25) is 28.7 Å². The van der Waals surface area contributed by atoms with E-state index < -0.39 is 47.4 Å². The number of halogens is 1. The molecule has 1 aliphatic carbocycles. The van der Waals surface area contributed by atoms with Crippen molar-refractivity contribution in [3.05, 3.63) is 134 Å². The van der Waals surface area contributed by atoms with Crippen molar-refractivity contribution in [3.63, 3.8) is 0 Å². The number of nitrogens with one attached hydrogen (secondary N) is 3. The van der Waals surface area contributed by atoms with Gasteiger partial charge in [0, 0.05) is 58.3 Å². The summed E-state index contributed by atoms with van der Waals surface area (Å²) in [6.45, 7) is 15.4. The molecule has 4 amide bonds. The van der Waals surface area contributed by atoms with E-state index in [0.717, 1.165) is 59.8 Å². The Labute approximate surface area is 441 Å². The van der Waals surface area contributed by atoms with E-state index in [1.165, 1.54) is 4.90 Å². The lowest BCUT2D eigenvalue weighted by Crippen LogP contribution is -2.57. The molecule has 384 valence electrons. The van der Waals surface area contributed by atoms with Crippen molar-refractivity contribution in [1.82, 2.24) is 40.6 Å². The van der Waals surface area contributed by atoms with Crippen molar-refractivity contribution in [3.8, 4) is 21.2 Å². The maximum absolute atomic E-state index is 14.4. The number of carbonyl (C=O) groups excluding carboxylic acids is 4. The molecule has 3 aliphatic rings. The van der Waals surface area contributed by atoms with Gasteiger partial charge >= 0.3 is 0 Å². The molecular weight excluding hydrogens is 998 g/mol. The zero-order chi connectivity index (χ0) is 52.3. The second kappa shape index (κ2) is 20.2. The third kappa shape index (κ3) is 10.1. The number of nitrogens with zero attached hydrogens (tertiary/aromatic N) is 6. The van der Waals surface area contributed by atoms with Gasteiger partial charge in [-0.15, -0.1) is 32.9 Å². The molecule has 1 unspecified atom stereocenters. The molecule has 7 aromatic rings. The lowest BCUT2D eigenvalue weighted by molar-refractivity contribution is -0.142. The summed E-state index contributed by atoms with van der Waals surface area (Å²) in [4.78, 5) is 69.0. The molecule has 4 N–H and O–H groups in total. The third-order valence-corrected chi connectivity index (χ3v) is 16.7. The van der Waals surface area contributed by atoms with Gasteiger partial charge in [0.2, 0.25) is 17.7 Å². The molecule has 16 nitrogen and oxygen atoms in total. The summed E-state index contributed by atoms with van der Waals surface area (Å²) in [5.41, 5.74) is 8.16. The van der Waals surface area contributed by atoms with E-state index in [2.05, 4.69) is 45.0 Å². The molecule has 2 aliphatic heterocycles. The number of aliphatic hydroxyl groups is 1. The van der Waals surface area contributed by atoms with Crippen LogP contribution in [0.4, 0.5) is 0 Å². The Kier molecular flexibility index (Phi) is 13.9. The van der Waals surface area contributed by atoms with E-state index in [1.807, 2.05) is 100 Å². The molecule has 10 rings (SSSR count). The van der Waals surface area contributed by atoms with Gasteiger partial charge in [-0.05, 0) is 93.1 Å². The predicted octanol–water partition coefficient (Wildman–Crippen LogP) is 9.08. The van der Waals surface area contributed by atoms with Crippen molar-refractivity contribution < 1.29 is 33.4 Å². The summed E-state index contributed by atoms with van der Waals surface area (Å²) in [5.74, 6) is 0.276. The number of thiophene rings is 1. The summed E-state index contributed by atoms with van der Waals surface area (Å²) < 4.78 is 14.4. The van der Waals surface area contributed by atoms with Crippen LogP contribution >= 0.6 is 34.3 Å². The zero-order valence-electron chi connectivity index (χ0n) is 42.4. The number of hydrogen-bond acceptors (Lipinski definition) is 13. The highest BCUT2D eigenvalue weighted by Gasteiger charge is 2.45. The Morgan fingerprint density at radius 1 is 0.932 bits per heavy atom. The van der Waals surface area contributed by atoms with Gasteiger partial charge in [-0.2, -0.15) is 0 Å². The minimum absolute atomic E-state index is 0.000667. The molecule has 6 heterocycles. The summed E-state index contributed by atoms with van der Waals surface area (Å²) in [6, 6.07) is 19.3. The Balaban J connectivity index is 0.754. The number of aliphatic imine (C=N–C) groups is 1. The SMILES string of the molecule is Cc1ncsc1-c1ccc([C@H](C)NC(=O)[C@@H]2C[C@@H](O)CN2C(=O)C(NC(=O)c2cc3cc(O[C@H]4C[C@H](NC(=O)C[C@@H]5N=C(c6ccc(Cl)cc6)c6c(sc(C)c6C)-n6c(C)nnc65)C4)ccc3o2)C(C)(C)C)cc1. The number of benzene rings is 3. The van der Waals surface area contributed by atoms with Crippen LogP contribution in [0.25, 0.3) is 26.4 Å². The minimum atomic E-state index is -1.06. The predicted molar refractivity (Wildman–Crippen MR) is 285 cm³/mol. The number of fused-ring (bicyclic) bond motifs is 4. The first-order valence-corrected chi connectivity index (χ1v) is 26.8. The fourth-order valence-corrected chi connectivity index (χ4v) is 12.1. The van der Waals surface area contributed by atoms with Gasteiger partial charge in [0.05, 0.1) is 40.4 Å². The average Bonchev–Trinajstić information content (AvgIpc) is 4.19. The smallest absolute Gasteiger partial charge is 0.287 e. The summed E-state index contributed by atoms with van der Waals surface area (Å²) in [7, 11) is 0. The van der Waals surface area contributed by atoms with E-state index in [-0.39, 0.29) is 49.2 Å². The number of carbonyl (C=O) groups is 4. The van der Waals surface area contributed by atoms with E-state index >= 15 is 0 Å². The van der Waals surface area contributed by atoms with E-state index in [0.29, 0.717) is 40.4 Å². The molecule has 19 heteroatoms. The number of amides is 4. The number of thiazole rings is 1. The monoisotopic (exact) mass is 1060 g/mol. The molecule has 2 fully saturated rings. The third-order valence-electron chi connectivity index (χ3n) is 14.2. The van der Waals surface area contributed by atoms with Crippen molar-refractivity contribution in [2.75, 3.05) is 6.54 Å².